The molecule has 1 heterocycles. The lowest BCUT2D eigenvalue weighted by Gasteiger charge is -2.36. The number of hydrogen-bond donors (Lipinski definition) is 1. The Hall–Kier alpha value is -0.370. The average molecular weight is 354 g/mol. The van der Waals surface area contributed by atoms with Gasteiger partial charge in [-0.2, -0.15) is 4.31 Å². The molecular formula is C13H17Cl2NO4S. The van der Waals surface area contributed by atoms with E-state index in [0.717, 1.165) is 0 Å². The summed E-state index contributed by atoms with van der Waals surface area (Å²) < 4.78 is 32.4. The molecule has 2 atom stereocenters. The van der Waals surface area contributed by atoms with Crippen molar-refractivity contribution in [2.75, 3.05) is 13.2 Å². The van der Waals surface area contributed by atoms with Gasteiger partial charge in [-0.1, -0.05) is 23.2 Å². The Balaban J connectivity index is 2.49. The van der Waals surface area contributed by atoms with Crippen LogP contribution in [0.4, 0.5) is 0 Å². The quantitative estimate of drug-likeness (QED) is 0.905. The zero-order valence-electron chi connectivity index (χ0n) is 11.7. The van der Waals surface area contributed by atoms with E-state index < -0.39 is 16.6 Å². The molecule has 0 amide bonds. The molecule has 1 aromatic rings. The average Bonchev–Trinajstić information content (AvgIpc) is 2.41. The lowest BCUT2D eigenvalue weighted by molar-refractivity contribution is -0.0170. The van der Waals surface area contributed by atoms with Crippen molar-refractivity contribution >= 4 is 33.2 Å². The van der Waals surface area contributed by atoms with Gasteiger partial charge in [-0.3, -0.25) is 0 Å². The highest BCUT2D eigenvalue weighted by Crippen LogP contribution is 2.34. The number of aliphatic hydroxyl groups is 1. The predicted molar refractivity (Wildman–Crippen MR) is 81.2 cm³/mol. The third-order valence-corrected chi connectivity index (χ3v) is 6.37. The van der Waals surface area contributed by atoms with Crippen LogP contribution in [0, 0.1) is 0 Å². The summed E-state index contributed by atoms with van der Waals surface area (Å²) in [6.07, 6.45) is -0.181. The number of morpholine rings is 1. The Labute approximate surface area is 134 Å². The Kier molecular flexibility index (Phi) is 5.18. The molecule has 21 heavy (non-hydrogen) atoms. The molecule has 2 rings (SSSR count). The second kappa shape index (κ2) is 6.40. The summed E-state index contributed by atoms with van der Waals surface area (Å²) in [6, 6.07) is 2.52. The van der Waals surface area contributed by atoms with Gasteiger partial charge in [-0.25, -0.2) is 8.42 Å². The number of nitrogens with zero attached hydrogens (tertiary/aromatic N) is 1. The van der Waals surface area contributed by atoms with E-state index in [1.165, 1.54) is 16.4 Å². The van der Waals surface area contributed by atoms with Crippen LogP contribution in [-0.2, 0) is 21.4 Å². The minimum Gasteiger partial charge on any atom is -0.392 e. The standard InChI is InChI=1S/C13H17Cl2NO4S/c1-8-7-20-9(2)5-16(8)21(18,19)12-4-3-11(14)10(6-17)13(12)15/h3-4,8-9,17H,5-7H2,1-2H3. The van der Waals surface area contributed by atoms with Crippen LogP contribution in [-0.4, -0.2) is 43.1 Å². The second-order valence-electron chi connectivity index (χ2n) is 5.06. The van der Waals surface area contributed by atoms with Crippen LogP contribution in [0.15, 0.2) is 17.0 Å². The van der Waals surface area contributed by atoms with Gasteiger partial charge < -0.3 is 9.84 Å². The van der Waals surface area contributed by atoms with Gasteiger partial charge in [0, 0.05) is 23.2 Å². The lowest BCUT2D eigenvalue weighted by Crippen LogP contribution is -2.50. The molecule has 1 aromatic carbocycles. The lowest BCUT2D eigenvalue weighted by atomic mass is 10.2. The number of rotatable bonds is 3. The highest BCUT2D eigenvalue weighted by Gasteiger charge is 2.35. The van der Waals surface area contributed by atoms with Gasteiger partial charge >= 0.3 is 0 Å². The Bertz CT molecular complexity index is 635. The first kappa shape index (κ1) is 17.0. The SMILES string of the molecule is CC1CN(S(=O)(=O)c2ccc(Cl)c(CO)c2Cl)C(C)CO1. The summed E-state index contributed by atoms with van der Waals surface area (Å²) in [7, 11) is -3.77. The molecule has 5 nitrogen and oxygen atoms in total. The van der Waals surface area contributed by atoms with E-state index in [9.17, 15) is 13.5 Å². The van der Waals surface area contributed by atoms with E-state index in [4.69, 9.17) is 27.9 Å². The minimum absolute atomic E-state index is 0.0312. The van der Waals surface area contributed by atoms with Crippen LogP contribution in [0.5, 0.6) is 0 Å². The Morgan fingerprint density at radius 3 is 2.67 bits per heavy atom. The van der Waals surface area contributed by atoms with Crippen molar-refractivity contribution in [2.45, 2.75) is 37.5 Å². The first-order valence-electron chi connectivity index (χ1n) is 6.50. The van der Waals surface area contributed by atoms with Crippen LogP contribution in [0.25, 0.3) is 0 Å². The van der Waals surface area contributed by atoms with Crippen molar-refractivity contribution in [1.82, 2.24) is 4.31 Å². The normalized spacial score (nSPS) is 24.2. The number of sulfonamides is 1. The molecule has 0 aliphatic carbocycles. The zero-order chi connectivity index (χ0) is 15.8. The van der Waals surface area contributed by atoms with Crippen LogP contribution < -0.4 is 0 Å². The second-order valence-corrected chi connectivity index (χ2v) is 7.71. The highest BCUT2D eigenvalue weighted by atomic mass is 35.5. The van der Waals surface area contributed by atoms with Crippen LogP contribution in [0.2, 0.25) is 10.0 Å². The maximum atomic E-state index is 12.8. The third-order valence-electron chi connectivity index (χ3n) is 3.45. The summed E-state index contributed by atoms with van der Waals surface area (Å²) in [4.78, 5) is -0.0430. The fourth-order valence-corrected chi connectivity index (χ4v) is 4.82. The molecule has 0 bridgehead atoms. The fraction of sp³-hybridized carbons (Fsp3) is 0.538. The number of hydrogen-bond acceptors (Lipinski definition) is 4. The van der Waals surface area contributed by atoms with Crippen molar-refractivity contribution in [2.24, 2.45) is 0 Å². The van der Waals surface area contributed by atoms with E-state index in [2.05, 4.69) is 0 Å². The molecule has 0 spiro atoms. The third kappa shape index (κ3) is 3.21. The number of benzene rings is 1. The number of aliphatic hydroxyl groups excluding tert-OH is 1. The van der Waals surface area contributed by atoms with Gasteiger partial charge in [0.25, 0.3) is 0 Å². The molecule has 1 saturated heterocycles. The zero-order valence-corrected chi connectivity index (χ0v) is 14.0. The van der Waals surface area contributed by atoms with Crippen LogP contribution >= 0.6 is 23.2 Å². The molecule has 0 saturated carbocycles. The maximum Gasteiger partial charge on any atom is 0.244 e. The fourth-order valence-electron chi connectivity index (χ4n) is 2.25. The molecule has 0 aromatic heterocycles. The monoisotopic (exact) mass is 353 g/mol. The summed E-state index contributed by atoms with van der Waals surface area (Å²) in [5, 5.41) is 9.51. The smallest absolute Gasteiger partial charge is 0.244 e. The van der Waals surface area contributed by atoms with Crippen molar-refractivity contribution in [3.05, 3.63) is 27.7 Å². The highest BCUT2D eigenvalue weighted by molar-refractivity contribution is 7.89. The van der Waals surface area contributed by atoms with E-state index in [0.29, 0.717) is 6.61 Å². The van der Waals surface area contributed by atoms with Crippen molar-refractivity contribution in [3.63, 3.8) is 0 Å². The molecular weight excluding hydrogens is 337 g/mol. The van der Waals surface area contributed by atoms with Gasteiger partial charge in [0.05, 0.1) is 24.3 Å². The first-order valence-corrected chi connectivity index (χ1v) is 8.69. The largest absolute Gasteiger partial charge is 0.392 e. The van der Waals surface area contributed by atoms with Crippen molar-refractivity contribution < 1.29 is 18.3 Å². The summed E-state index contributed by atoms with van der Waals surface area (Å²) >= 11 is 12.0. The molecule has 118 valence electrons. The summed E-state index contributed by atoms with van der Waals surface area (Å²) in [6.45, 7) is 3.77. The van der Waals surface area contributed by atoms with Crippen molar-refractivity contribution in [1.29, 1.82) is 0 Å². The molecule has 1 fully saturated rings. The van der Waals surface area contributed by atoms with E-state index in [1.54, 1.807) is 6.92 Å². The Morgan fingerprint density at radius 1 is 1.38 bits per heavy atom. The van der Waals surface area contributed by atoms with E-state index >= 15 is 0 Å². The maximum absolute atomic E-state index is 12.8. The van der Waals surface area contributed by atoms with Crippen molar-refractivity contribution in [3.8, 4) is 0 Å². The molecule has 2 unspecified atom stereocenters. The van der Waals surface area contributed by atoms with Crippen LogP contribution in [0.3, 0.4) is 0 Å². The Morgan fingerprint density at radius 2 is 2.05 bits per heavy atom. The number of halogens is 2. The van der Waals surface area contributed by atoms with Gasteiger partial charge in [-0.05, 0) is 26.0 Å². The molecule has 8 heteroatoms. The van der Waals surface area contributed by atoms with Gasteiger partial charge in [0.2, 0.25) is 10.0 Å². The number of ether oxygens (including phenoxy) is 1. The van der Waals surface area contributed by atoms with Gasteiger partial charge in [0.1, 0.15) is 4.90 Å². The summed E-state index contributed by atoms with van der Waals surface area (Å²) in [5.74, 6) is 0. The minimum atomic E-state index is -3.77. The predicted octanol–water partition coefficient (Wildman–Crippen LogP) is 2.28. The van der Waals surface area contributed by atoms with E-state index in [1.807, 2.05) is 6.92 Å². The van der Waals surface area contributed by atoms with E-state index in [-0.39, 0.29) is 39.2 Å². The first-order chi connectivity index (χ1) is 9.78. The molecule has 1 aliphatic rings. The van der Waals surface area contributed by atoms with Gasteiger partial charge in [-0.15, -0.1) is 0 Å². The summed E-state index contributed by atoms with van der Waals surface area (Å²) in [5.41, 5.74) is 0.216. The topological polar surface area (TPSA) is 66.8 Å². The molecule has 1 aliphatic heterocycles. The molecule has 0 radical (unpaired) electrons. The molecule has 1 N–H and O–H groups in total. The van der Waals surface area contributed by atoms with Gasteiger partial charge in [0.15, 0.2) is 0 Å². The van der Waals surface area contributed by atoms with Crippen LogP contribution in [0.1, 0.15) is 19.4 Å².